The van der Waals surface area contributed by atoms with Crippen LogP contribution in [-0.4, -0.2) is 21.3 Å². The maximum absolute atomic E-state index is 12.8. The molecule has 5 nitrogen and oxygen atoms in total. The number of anilines is 1. The maximum atomic E-state index is 12.8. The smallest absolute Gasteiger partial charge is 0.373 e. The Labute approximate surface area is 169 Å². The standard InChI is InChI=1S/C20H14ClF3N4O/c21-16-8-14(5-6-15(16)20(22,23)24)17-9-18(27-11-26-17)28-19(29)7-12-1-3-13(10-25)4-2-12/h1-6,8-9,11,19,29H,7H2,(H,26,27,28). The molecule has 9 heteroatoms. The zero-order chi connectivity index (χ0) is 21.0. The van der Waals surface area contributed by atoms with Crippen LogP contribution in [0.5, 0.6) is 0 Å². The van der Waals surface area contributed by atoms with Gasteiger partial charge in [-0.05, 0) is 29.8 Å². The third kappa shape index (κ3) is 5.22. The van der Waals surface area contributed by atoms with Crippen molar-refractivity contribution in [2.45, 2.75) is 18.8 Å². The van der Waals surface area contributed by atoms with Gasteiger partial charge in [0.15, 0.2) is 0 Å². The van der Waals surface area contributed by atoms with Crippen molar-refractivity contribution in [2.24, 2.45) is 0 Å². The summed E-state index contributed by atoms with van der Waals surface area (Å²) in [5, 5.41) is 21.4. The summed E-state index contributed by atoms with van der Waals surface area (Å²) in [6.45, 7) is 0. The van der Waals surface area contributed by atoms with Crippen LogP contribution in [0.3, 0.4) is 0 Å². The molecule has 1 heterocycles. The van der Waals surface area contributed by atoms with Crippen molar-refractivity contribution in [2.75, 3.05) is 5.32 Å². The highest BCUT2D eigenvalue weighted by atomic mass is 35.5. The SMILES string of the molecule is N#Cc1ccc(CC(O)Nc2cc(-c3ccc(C(F)(F)F)c(Cl)c3)ncn2)cc1. The van der Waals surface area contributed by atoms with Gasteiger partial charge in [-0.15, -0.1) is 0 Å². The molecule has 29 heavy (non-hydrogen) atoms. The maximum Gasteiger partial charge on any atom is 0.417 e. The first kappa shape index (κ1) is 20.6. The lowest BCUT2D eigenvalue weighted by Crippen LogP contribution is -2.22. The van der Waals surface area contributed by atoms with E-state index in [0.29, 0.717) is 22.6 Å². The van der Waals surface area contributed by atoms with Gasteiger partial charge in [0.2, 0.25) is 0 Å². The Balaban J connectivity index is 1.74. The Morgan fingerprint density at radius 3 is 2.45 bits per heavy atom. The van der Waals surface area contributed by atoms with Crippen molar-refractivity contribution in [3.8, 4) is 17.3 Å². The van der Waals surface area contributed by atoms with Gasteiger partial charge in [0, 0.05) is 18.1 Å². The second kappa shape index (κ2) is 8.47. The van der Waals surface area contributed by atoms with Crippen LogP contribution in [0.4, 0.5) is 19.0 Å². The molecule has 0 radical (unpaired) electrons. The average molecular weight is 419 g/mol. The van der Waals surface area contributed by atoms with E-state index in [4.69, 9.17) is 16.9 Å². The summed E-state index contributed by atoms with van der Waals surface area (Å²) in [7, 11) is 0. The fraction of sp³-hybridized carbons (Fsp3) is 0.150. The quantitative estimate of drug-likeness (QED) is 0.589. The second-order valence-electron chi connectivity index (χ2n) is 6.15. The molecule has 0 aliphatic carbocycles. The molecule has 1 unspecified atom stereocenters. The van der Waals surface area contributed by atoms with Gasteiger partial charge in [0.1, 0.15) is 18.4 Å². The largest absolute Gasteiger partial charge is 0.417 e. The number of aromatic nitrogens is 2. The molecular weight excluding hydrogens is 405 g/mol. The monoisotopic (exact) mass is 418 g/mol. The van der Waals surface area contributed by atoms with Gasteiger partial charge < -0.3 is 10.4 Å². The Morgan fingerprint density at radius 1 is 1.10 bits per heavy atom. The summed E-state index contributed by atoms with van der Waals surface area (Å²) in [5.74, 6) is 0.298. The van der Waals surface area contributed by atoms with Gasteiger partial charge in [0.05, 0.1) is 27.9 Å². The van der Waals surface area contributed by atoms with Gasteiger partial charge in [-0.1, -0.05) is 29.8 Å². The number of aliphatic hydroxyl groups is 1. The van der Waals surface area contributed by atoms with E-state index in [1.54, 1.807) is 24.3 Å². The van der Waals surface area contributed by atoms with Gasteiger partial charge in [-0.25, -0.2) is 9.97 Å². The molecule has 2 N–H and O–H groups in total. The molecule has 0 saturated carbocycles. The average Bonchev–Trinajstić information content (AvgIpc) is 2.67. The molecule has 0 spiro atoms. The van der Waals surface area contributed by atoms with E-state index in [2.05, 4.69) is 15.3 Å². The second-order valence-corrected chi connectivity index (χ2v) is 6.56. The predicted octanol–water partition coefficient (Wildman–Crippen LogP) is 4.66. The number of nitriles is 1. The van der Waals surface area contributed by atoms with E-state index in [0.717, 1.165) is 11.6 Å². The topological polar surface area (TPSA) is 81.8 Å². The summed E-state index contributed by atoms with van der Waals surface area (Å²) >= 11 is 5.76. The first-order valence-corrected chi connectivity index (χ1v) is 8.77. The predicted molar refractivity (Wildman–Crippen MR) is 102 cm³/mol. The van der Waals surface area contributed by atoms with E-state index in [-0.39, 0.29) is 6.42 Å². The minimum atomic E-state index is -4.54. The lowest BCUT2D eigenvalue weighted by Gasteiger charge is -2.14. The molecule has 148 valence electrons. The highest BCUT2D eigenvalue weighted by Gasteiger charge is 2.33. The van der Waals surface area contributed by atoms with E-state index in [1.165, 1.54) is 24.5 Å². The van der Waals surface area contributed by atoms with E-state index in [9.17, 15) is 18.3 Å². The van der Waals surface area contributed by atoms with E-state index >= 15 is 0 Å². The zero-order valence-electron chi connectivity index (χ0n) is 14.8. The number of rotatable bonds is 5. The molecule has 0 saturated heterocycles. The minimum absolute atomic E-state index is 0.261. The van der Waals surface area contributed by atoms with Crippen LogP contribution in [-0.2, 0) is 12.6 Å². The van der Waals surface area contributed by atoms with Crippen molar-refractivity contribution in [1.29, 1.82) is 5.26 Å². The molecule has 0 fully saturated rings. The summed E-state index contributed by atoms with van der Waals surface area (Å²) < 4.78 is 38.5. The van der Waals surface area contributed by atoms with Crippen LogP contribution < -0.4 is 5.32 Å². The fourth-order valence-electron chi connectivity index (χ4n) is 2.66. The minimum Gasteiger partial charge on any atom is -0.373 e. The van der Waals surface area contributed by atoms with Gasteiger partial charge in [0.25, 0.3) is 0 Å². The summed E-state index contributed by atoms with van der Waals surface area (Å²) in [6.07, 6.45) is -4.01. The molecular formula is C20H14ClF3N4O. The Bertz CT molecular complexity index is 1050. The molecule has 0 bridgehead atoms. The number of hydrogen-bond acceptors (Lipinski definition) is 5. The van der Waals surface area contributed by atoms with Crippen LogP contribution in [0.2, 0.25) is 5.02 Å². The van der Waals surface area contributed by atoms with Crippen LogP contribution >= 0.6 is 11.6 Å². The van der Waals surface area contributed by atoms with Crippen LogP contribution in [0, 0.1) is 11.3 Å². The fourth-order valence-corrected chi connectivity index (χ4v) is 2.95. The van der Waals surface area contributed by atoms with Crippen LogP contribution in [0.15, 0.2) is 54.9 Å². The highest BCUT2D eigenvalue weighted by molar-refractivity contribution is 6.31. The van der Waals surface area contributed by atoms with Crippen molar-refractivity contribution < 1.29 is 18.3 Å². The first-order valence-electron chi connectivity index (χ1n) is 8.39. The molecule has 0 amide bonds. The normalized spacial score (nSPS) is 12.3. The van der Waals surface area contributed by atoms with Crippen LogP contribution in [0.25, 0.3) is 11.3 Å². The Kier molecular flexibility index (Phi) is 6.01. The first-order chi connectivity index (χ1) is 13.8. The van der Waals surface area contributed by atoms with E-state index < -0.39 is 23.0 Å². The molecule has 1 aromatic heterocycles. The molecule has 1 atom stereocenters. The number of halogens is 4. The number of nitrogens with zero attached hydrogens (tertiary/aromatic N) is 3. The number of alkyl halides is 3. The van der Waals surface area contributed by atoms with Crippen molar-refractivity contribution in [1.82, 2.24) is 9.97 Å². The summed E-state index contributed by atoms with van der Waals surface area (Å²) in [6, 6.07) is 13.6. The molecule has 0 aliphatic rings. The third-order valence-electron chi connectivity index (χ3n) is 4.06. The number of benzene rings is 2. The van der Waals surface area contributed by atoms with Crippen LogP contribution in [0.1, 0.15) is 16.7 Å². The van der Waals surface area contributed by atoms with Gasteiger partial charge >= 0.3 is 6.18 Å². The molecule has 3 aromatic rings. The lowest BCUT2D eigenvalue weighted by atomic mass is 10.1. The number of aliphatic hydroxyl groups excluding tert-OH is 1. The molecule has 3 rings (SSSR count). The van der Waals surface area contributed by atoms with Crippen molar-refractivity contribution in [3.05, 3.63) is 76.6 Å². The molecule has 0 aliphatic heterocycles. The zero-order valence-corrected chi connectivity index (χ0v) is 15.5. The van der Waals surface area contributed by atoms with Crippen molar-refractivity contribution in [3.63, 3.8) is 0 Å². The summed E-state index contributed by atoms with van der Waals surface area (Å²) in [4.78, 5) is 8.06. The number of nitrogens with one attached hydrogen (secondary N) is 1. The number of hydrogen-bond donors (Lipinski definition) is 2. The lowest BCUT2D eigenvalue weighted by molar-refractivity contribution is -0.137. The Morgan fingerprint density at radius 2 is 1.83 bits per heavy atom. The van der Waals surface area contributed by atoms with Gasteiger partial charge in [-0.2, -0.15) is 18.4 Å². The molecule has 2 aromatic carbocycles. The summed E-state index contributed by atoms with van der Waals surface area (Å²) in [5.41, 5.74) is 1.14. The Hall–Kier alpha value is -3.15. The highest BCUT2D eigenvalue weighted by Crippen LogP contribution is 2.36. The third-order valence-corrected chi connectivity index (χ3v) is 4.38. The van der Waals surface area contributed by atoms with E-state index in [1.807, 2.05) is 6.07 Å². The van der Waals surface area contributed by atoms with Gasteiger partial charge in [-0.3, -0.25) is 0 Å². The van der Waals surface area contributed by atoms with Crippen molar-refractivity contribution >= 4 is 17.4 Å².